The summed E-state index contributed by atoms with van der Waals surface area (Å²) < 4.78 is 25.5. The highest BCUT2D eigenvalue weighted by molar-refractivity contribution is 7.76. The molecule has 6 nitrogen and oxygen atoms in total. The Morgan fingerprint density at radius 3 is 2.67 bits per heavy atom. The smallest absolute Gasteiger partial charge is 0.319 e. The molecule has 1 atom stereocenters. The molecule has 1 saturated heterocycles. The van der Waals surface area contributed by atoms with Crippen LogP contribution in [0.1, 0.15) is 0 Å². The molecule has 1 fully saturated rings. The number of rotatable bonds is 3. The molecule has 0 spiro atoms. The van der Waals surface area contributed by atoms with Crippen LogP contribution in [0.25, 0.3) is 0 Å². The number of hydrogen-bond donors (Lipinski definition) is 0. The van der Waals surface area contributed by atoms with Crippen LogP contribution in [0.3, 0.4) is 0 Å². The third kappa shape index (κ3) is 1.87. The summed E-state index contributed by atoms with van der Waals surface area (Å²) >= 11 is -2.28. The number of carbonyl (C=O) groups is 2. The van der Waals surface area contributed by atoms with Gasteiger partial charge >= 0.3 is 12.4 Å². The lowest BCUT2D eigenvalue weighted by Gasteiger charge is -2.37. The SMILES string of the molecule is O=COC(=O)C1CN(S(=O)[O-])C1. The Morgan fingerprint density at radius 2 is 2.25 bits per heavy atom. The number of esters is 1. The van der Waals surface area contributed by atoms with E-state index in [4.69, 9.17) is 0 Å². The van der Waals surface area contributed by atoms with Gasteiger partial charge in [-0.3, -0.25) is 13.8 Å². The van der Waals surface area contributed by atoms with Crippen molar-refractivity contribution < 1.29 is 23.1 Å². The molecular formula is C5H6NO5S-. The highest BCUT2D eigenvalue weighted by Gasteiger charge is 2.34. The molecule has 0 aliphatic carbocycles. The summed E-state index contributed by atoms with van der Waals surface area (Å²) in [6.45, 7) is 0.241. The Kier molecular flexibility index (Phi) is 2.90. The van der Waals surface area contributed by atoms with Gasteiger partial charge in [0.15, 0.2) is 0 Å². The van der Waals surface area contributed by atoms with Gasteiger partial charge in [-0.05, 0) is 0 Å². The molecule has 0 aromatic carbocycles. The standard InChI is InChI=1S/C5H7NO5S/c7-3-11-5(8)4-1-6(2-4)12(9)10/h3-4H,1-2H2,(H,9,10)/p-1. The van der Waals surface area contributed by atoms with Gasteiger partial charge in [-0.15, -0.1) is 0 Å². The topological polar surface area (TPSA) is 86.7 Å². The van der Waals surface area contributed by atoms with E-state index in [0.29, 0.717) is 0 Å². The summed E-state index contributed by atoms with van der Waals surface area (Å²) in [5.41, 5.74) is 0. The van der Waals surface area contributed by atoms with Crippen molar-refractivity contribution in [3.63, 3.8) is 0 Å². The molecule has 1 rings (SSSR count). The first kappa shape index (κ1) is 9.30. The van der Waals surface area contributed by atoms with Crippen molar-refractivity contribution in [1.82, 2.24) is 4.31 Å². The Bertz CT molecular complexity index is 224. The van der Waals surface area contributed by atoms with E-state index in [1.165, 1.54) is 0 Å². The van der Waals surface area contributed by atoms with Gasteiger partial charge in [-0.25, -0.2) is 4.31 Å². The van der Waals surface area contributed by atoms with E-state index in [9.17, 15) is 18.4 Å². The summed E-state index contributed by atoms with van der Waals surface area (Å²) in [6.07, 6.45) is 0. The van der Waals surface area contributed by atoms with Crippen LogP contribution in [0, 0.1) is 5.92 Å². The maximum atomic E-state index is 10.7. The van der Waals surface area contributed by atoms with Crippen LogP contribution in [-0.4, -0.2) is 38.6 Å². The van der Waals surface area contributed by atoms with E-state index in [2.05, 4.69) is 4.74 Å². The van der Waals surface area contributed by atoms with Crippen LogP contribution in [0.15, 0.2) is 0 Å². The van der Waals surface area contributed by atoms with Crippen LogP contribution in [-0.2, 0) is 25.6 Å². The fourth-order valence-electron chi connectivity index (χ4n) is 0.853. The Hall–Kier alpha value is -0.790. The van der Waals surface area contributed by atoms with Gasteiger partial charge in [0.25, 0.3) is 0 Å². The summed E-state index contributed by atoms with van der Waals surface area (Å²) in [7, 11) is 0. The zero-order chi connectivity index (χ0) is 9.14. The first-order valence-corrected chi connectivity index (χ1v) is 4.17. The van der Waals surface area contributed by atoms with Crippen LogP contribution in [0.2, 0.25) is 0 Å². The molecule has 0 N–H and O–H groups in total. The van der Waals surface area contributed by atoms with E-state index in [1.807, 2.05) is 0 Å². The second kappa shape index (κ2) is 3.74. The lowest BCUT2D eigenvalue weighted by atomic mass is 10.0. The van der Waals surface area contributed by atoms with E-state index in [-0.39, 0.29) is 19.6 Å². The minimum absolute atomic E-state index is 0.0408. The minimum Gasteiger partial charge on any atom is -0.760 e. The average molecular weight is 192 g/mol. The summed E-state index contributed by atoms with van der Waals surface area (Å²) in [6, 6.07) is 0. The fraction of sp³-hybridized carbons (Fsp3) is 0.600. The van der Waals surface area contributed by atoms with Crippen molar-refractivity contribution >= 4 is 23.7 Å². The van der Waals surface area contributed by atoms with Crippen molar-refractivity contribution in [2.75, 3.05) is 13.1 Å². The zero-order valence-electron chi connectivity index (χ0n) is 5.97. The van der Waals surface area contributed by atoms with Gasteiger partial charge in [0.1, 0.15) is 0 Å². The zero-order valence-corrected chi connectivity index (χ0v) is 6.78. The Balaban J connectivity index is 2.29. The normalized spacial score (nSPS) is 21.1. The molecule has 0 radical (unpaired) electrons. The quantitative estimate of drug-likeness (QED) is 0.233. The molecule has 0 saturated carbocycles. The minimum atomic E-state index is -2.28. The van der Waals surface area contributed by atoms with Crippen molar-refractivity contribution in [2.45, 2.75) is 0 Å². The predicted octanol–water partition coefficient (Wildman–Crippen LogP) is -1.59. The summed E-state index contributed by atoms with van der Waals surface area (Å²) in [4.78, 5) is 20.4. The first-order valence-electron chi connectivity index (χ1n) is 3.13. The van der Waals surface area contributed by atoms with E-state index in [1.54, 1.807) is 0 Å². The predicted molar refractivity (Wildman–Crippen MR) is 36.1 cm³/mol. The molecule has 1 heterocycles. The first-order chi connectivity index (χ1) is 5.65. The molecule has 1 aliphatic heterocycles. The monoisotopic (exact) mass is 192 g/mol. The fourth-order valence-corrected chi connectivity index (χ4v) is 1.46. The molecule has 1 aliphatic rings. The second-order valence-corrected chi connectivity index (χ2v) is 3.24. The maximum Gasteiger partial charge on any atom is 0.319 e. The van der Waals surface area contributed by atoms with Gasteiger partial charge in [0, 0.05) is 24.4 Å². The van der Waals surface area contributed by atoms with Crippen molar-refractivity contribution in [1.29, 1.82) is 0 Å². The molecule has 68 valence electrons. The molecule has 7 heteroatoms. The third-order valence-corrected chi connectivity index (χ3v) is 2.28. The van der Waals surface area contributed by atoms with Crippen molar-refractivity contribution in [2.24, 2.45) is 5.92 Å². The van der Waals surface area contributed by atoms with Gasteiger partial charge in [-0.1, -0.05) is 0 Å². The summed E-state index contributed by atoms with van der Waals surface area (Å²) in [5.74, 6) is -1.17. The molecule has 0 amide bonds. The van der Waals surface area contributed by atoms with Gasteiger partial charge in [-0.2, -0.15) is 0 Å². The van der Waals surface area contributed by atoms with E-state index in [0.717, 1.165) is 4.31 Å². The van der Waals surface area contributed by atoms with Crippen LogP contribution < -0.4 is 0 Å². The van der Waals surface area contributed by atoms with Gasteiger partial charge in [0.2, 0.25) is 0 Å². The molecule has 12 heavy (non-hydrogen) atoms. The largest absolute Gasteiger partial charge is 0.760 e. The Morgan fingerprint density at radius 1 is 1.67 bits per heavy atom. The highest BCUT2D eigenvalue weighted by Crippen LogP contribution is 2.17. The van der Waals surface area contributed by atoms with Crippen LogP contribution >= 0.6 is 0 Å². The highest BCUT2D eigenvalue weighted by atomic mass is 32.2. The van der Waals surface area contributed by atoms with Crippen LogP contribution in [0.4, 0.5) is 0 Å². The number of carbonyl (C=O) groups excluding carboxylic acids is 2. The Labute approximate surface area is 70.9 Å². The lowest BCUT2D eigenvalue weighted by molar-refractivity contribution is -0.157. The molecule has 0 aromatic heterocycles. The van der Waals surface area contributed by atoms with Crippen molar-refractivity contribution in [3.8, 4) is 0 Å². The third-order valence-electron chi connectivity index (χ3n) is 1.56. The lowest BCUT2D eigenvalue weighted by Crippen LogP contribution is -2.51. The molecule has 1 unspecified atom stereocenters. The summed E-state index contributed by atoms with van der Waals surface area (Å²) in [5, 5.41) is 0. The van der Waals surface area contributed by atoms with E-state index < -0.39 is 23.2 Å². The number of hydrogen-bond acceptors (Lipinski definition) is 5. The molecular weight excluding hydrogens is 186 g/mol. The van der Waals surface area contributed by atoms with E-state index >= 15 is 0 Å². The average Bonchev–Trinajstić information content (AvgIpc) is 1.82. The van der Waals surface area contributed by atoms with Crippen LogP contribution in [0.5, 0.6) is 0 Å². The number of nitrogens with zero attached hydrogens (tertiary/aromatic N) is 1. The van der Waals surface area contributed by atoms with Gasteiger partial charge in [0.05, 0.1) is 5.92 Å². The molecule has 0 aromatic rings. The van der Waals surface area contributed by atoms with Crippen molar-refractivity contribution in [3.05, 3.63) is 0 Å². The maximum absolute atomic E-state index is 10.7. The van der Waals surface area contributed by atoms with Gasteiger partial charge < -0.3 is 9.29 Å². The molecule has 0 bridgehead atoms. The second-order valence-electron chi connectivity index (χ2n) is 2.29. The number of ether oxygens (including phenoxy) is 1.